The minimum atomic E-state index is -3.16. The third-order valence-electron chi connectivity index (χ3n) is 5.49. The predicted molar refractivity (Wildman–Crippen MR) is 133 cm³/mol. The van der Waals surface area contributed by atoms with E-state index in [4.69, 9.17) is 18.9 Å². The number of aromatic amines is 1. The molecule has 2 unspecified atom stereocenters. The summed E-state index contributed by atoms with van der Waals surface area (Å²) in [5.41, 5.74) is 0.758. The van der Waals surface area contributed by atoms with Crippen LogP contribution >= 0.6 is 11.3 Å². The van der Waals surface area contributed by atoms with Crippen LogP contribution in [0.4, 0.5) is 4.39 Å². The number of carbonyl (C=O) groups is 1. The fraction of sp³-hybridized carbons (Fsp3) is 0.435. The number of aromatic nitrogens is 2. The molecule has 2 N–H and O–H groups in total. The third-order valence-corrected chi connectivity index (χ3v) is 7.39. The molecule has 2 atom stereocenters. The molecule has 1 amide bonds. The molecule has 3 heterocycles. The average molecular weight is 556 g/mol. The first-order chi connectivity index (χ1) is 17.6. The molecule has 0 saturated carbocycles. The van der Waals surface area contributed by atoms with Gasteiger partial charge in [0.05, 0.1) is 50.8 Å². The topological polar surface area (TPSA) is 146 Å². The van der Waals surface area contributed by atoms with Crippen molar-refractivity contribution < 1.29 is 36.6 Å². The summed E-state index contributed by atoms with van der Waals surface area (Å²) in [5.74, 6) is -1.27. The number of sulfone groups is 1. The molecule has 1 saturated heterocycles. The normalized spacial score (nSPS) is 18.1. The lowest BCUT2D eigenvalue weighted by Crippen LogP contribution is -2.41. The molecule has 0 spiro atoms. The van der Waals surface area contributed by atoms with Gasteiger partial charge in [-0.15, -0.1) is 11.3 Å². The first-order valence-corrected chi connectivity index (χ1v) is 14.2. The van der Waals surface area contributed by atoms with E-state index in [9.17, 15) is 22.4 Å². The fourth-order valence-electron chi connectivity index (χ4n) is 3.71. The molecule has 0 aliphatic carbocycles. The summed E-state index contributed by atoms with van der Waals surface area (Å²) in [7, 11) is -1.81. The van der Waals surface area contributed by atoms with E-state index < -0.39 is 33.2 Å². The molecular weight excluding hydrogens is 529 g/mol. The van der Waals surface area contributed by atoms with E-state index in [2.05, 4.69) is 15.3 Å². The highest BCUT2D eigenvalue weighted by Gasteiger charge is 2.25. The first kappa shape index (κ1) is 27.1. The minimum Gasteiger partial charge on any atom is -0.494 e. The van der Waals surface area contributed by atoms with Crippen LogP contribution in [-0.2, 0) is 37.2 Å². The van der Waals surface area contributed by atoms with Gasteiger partial charge in [-0.25, -0.2) is 17.8 Å². The fourth-order valence-corrected chi connectivity index (χ4v) is 5.51. The van der Waals surface area contributed by atoms with Gasteiger partial charge in [0, 0.05) is 18.4 Å². The Kier molecular flexibility index (Phi) is 8.54. The van der Waals surface area contributed by atoms with E-state index >= 15 is 0 Å². The summed E-state index contributed by atoms with van der Waals surface area (Å²) in [6.45, 7) is 0.766. The van der Waals surface area contributed by atoms with Gasteiger partial charge in [0.25, 0.3) is 11.5 Å². The Bertz CT molecular complexity index is 1430. The smallest absolute Gasteiger partial charge is 0.287 e. The summed E-state index contributed by atoms with van der Waals surface area (Å²) in [6, 6.07) is 4.23. The number of rotatable bonds is 10. The number of nitrogens with zero attached hydrogens (tertiary/aromatic N) is 1. The molecule has 1 aromatic carbocycles. The first-order valence-electron chi connectivity index (χ1n) is 11.2. The zero-order chi connectivity index (χ0) is 26.6. The van der Waals surface area contributed by atoms with E-state index in [1.54, 1.807) is 5.38 Å². The number of nitrogens with one attached hydrogen (secondary N) is 2. The molecule has 3 aromatic rings. The number of benzene rings is 1. The van der Waals surface area contributed by atoms with E-state index in [0.717, 1.165) is 6.26 Å². The molecule has 1 aliphatic heterocycles. The highest BCUT2D eigenvalue weighted by molar-refractivity contribution is 7.90. The Balaban J connectivity index is 1.32. The van der Waals surface area contributed by atoms with Gasteiger partial charge in [-0.1, -0.05) is 6.07 Å². The SMILES string of the molecule is COc1cc(CNC(=O)c2nc3scc(COCC4COC(CS(C)(=O)=O)CO4)c3c(=O)[nH]2)ccc1F. The molecule has 2 aromatic heterocycles. The molecule has 0 bridgehead atoms. The van der Waals surface area contributed by atoms with Gasteiger partial charge in [-0.2, -0.15) is 0 Å². The lowest BCUT2D eigenvalue weighted by Gasteiger charge is -2.28. The zero-order valence-corrected chi connectivity index (χ0v) is 21.7. The van der Waals surface area contributed by atoms with Gasteiger partial charge in [-0.3, -0.25) is 9.59 Å². The van der Waals surface area contributed by atoms with Gasteiger partial charge in [-0.05, 0) is 23.1 Å². The van der Waals surface area contributed by atoms with Crippen LogP contribution < -0.4 is 15.6 Å². The van der Waals surface area contributed by atoms with Crippen LogP contribution in [0.25, 0.3) is 10.2 Å². The van der Waals surface area contributed by atoms with E-state index in [1.807, 2.05) is 0 Å². The quantitative estimate of drug-likeness (QED) is 0.379. The van der Waals surface area contributed by atoms with E-state index in [0.29, 0.717) is 21.3 Å². The van der Waals surface area contributed by atoms with E-state index in [1.165, 1.54) is 36.6 Å². The number of amides is 1. The van der Waals surface area contributed by atoms with E-state index in [-0.39, 0.29) is 56.4 Å². The Morgan fingerprint density at radius 3 is 2.76 bits per heavy atom. The molecule has 11 nitrogen and oxygen atoms in total. The van der Waals surface area contributed by atoms with Crippen LogP contribution in [-0.4, -0.2) is 75.4 Å². The predicted octanol–water partition coefficient (Wildman–Crippen LogP) is 1.41. The maximum atomic E-state index is 13.6. The molecular formula is C23H26FN3O8S2. The van der Waals surface area contributed by atoms with Crippen LogP contribution in [0.15, 0.2) is 28.4 Å². The van der Waals surface area contributed by atoms with Gasteiger partial charge < -0.3 is 29.2 Å². The van der Waals surface area contributed by atoms with Crippen molar-refractivity contribution in [3.8, 4) is 5.75 Å². The Morgan fingerprint density at radius 1 is 1.30 bits per heavy atom. The maximum Gasteiger partial charge on any atom is 0.287 e. The Morgan fingerprint density at radius 2 is 2.05 bits per heavy atom. The average Bonchev–Trinajstić information content (AvgIpc) is 3.27. The molecule has 200 valence electrons. The second kappa shape index (κ2) is 11.6. The van der Waals surface area contributed by atoms with Gasteiger partial charge >= 0.3 is 0 Å². The van der Waals surface area contributed by atoms with Crippen molar-refractivity contribution in [1.29, 1.82) is 0 Å². The Labute approximate surface area is 215 Å². The van der Waals surface area contributed by atoms with Crippen molar-refractivity contribution in [2.24, 2.45) is 0 Å². The summed E-state index contributed by atoms with van der Waals surface area (Å²) in [6.07, 6.45) is 0.295. The van der Waals surface area contributed by atoms with Gasteiger partial charge in [0.15, 0.2) is 11.6 Å². The van der Waals surface area contributed by atoms with Crippen molar-refractivity contribution >= 4 is 37.3 Å². The van der Waals surface area contributed by atoms with Crippen molar-refractivity contribution in [3.63, 3.8) is 0 Å². The monoisotopic (exact) mass is 555 g/mol. The molecule has 1 fully saturated rings. The highest BCUT2D eigenvalue weighted by atomic mass is 32.2. The highest BCUT2D eigenvalue weighted by Crippen LogP contribution is 2.22. The zero-order valence-electron chi connectivity index (χ0n) is 20.1. The van der Waals surface area contributed by atoms with Crippen molar-refractivity contribution in [3.05, 3.63) is 56.7 Å². The van der Waals surface area contributed by atoms with Crippen LogP contribution in [0.2, 0.25) is 0 Å². The lowest BCUT2D eigenvalue weighted by molar-refractivity contribution is -0.146. The third kappa shape index (κ3) is 7.11. The number of methoxy groups -OCH3 is 1. The van der Waals surface area contributed by atoms with Crippen LogP contribution in [0, 0.1) is 5.82 Å². The number of fused-ring (bicyclic) bond motifs is 1. The summed E-state index contributed by atoms with van der Waals surface area (Å²) < 4.78 is 58.1. The summed E-state index contributed by atoms with van der Waals surface area (Å²) in [4.78, 5) is 32.4. The molecule has 37 heavy (non-hydrogen) atoms. The largest absolute Gasteiger partial charge is 0.494 e. The van der Waals surface area contributed by atoms with Gasteiger partial charge in [0.2, 0.25) is 5.82 Å². The second-order valence-corrected chi connectivity index (χ2v) is 11.6. The van der Waals surface area contributed by atoms with Crippen molar-refractivity contribution in [1.82, 2.24) is 15.3 Å². The number of ether oxygens (including phenoxy) is 4. The number of hydrogen-bond acceptors (Lipinski definition) is 10. The minimum absolute atomic E-state index is 0.0618. The number of halogens is 1. The molecule has 14 heteroatoms. The number of hydrogen-bond donors (Lipinski definition) is 2. The molecule has 0 radical (unpaired) electrons. The standard InChI is InChI=1S/C23H26FN3O8S2/c1-32-18-5-13(3-4-17(18)24)6-25-22(29)20-26-21(28)19-14(11-36-23(19)27-20)7-33-8-15-9-35-16(10-34-15)12-37(2,30)31/h3-5,11,15-16H,6-10,12H2,1-2H3,(H,25,29)(H,26,27,28). The number of carbonyl (C=O) groups excluding carboxylic acids is 1. The molecule has 4 rings (SSSR count). The Hall–Kier alpha value is -2.91. The van der Waals surface area contributed by atoms with Crippen LogP contribution in [0.1, 0.15) is 21.7 Å². The van der Waals surface area contributed by atoms with Crippen molar-refractivity contribution in [2.75, 3.05) is 38.9 Å². The summed E-state index contributed by atoms with van der Waals surface area (Å²) >= 11 is 1.21. The lowest BCUT2D eigenvalue weighted by atomic mass is 10.2. The van der Waals surface area contributed by atoms with Crippen molar-refractivity contribution in [2.45, 2.75) is 25.4 Å². The second-order valence-electron chi connectivity index (χ2n) is 8.53. The summed E-state index contributed by atoms with van der Waals surface area (Å²) in [5, 5.41) is 4.71. The maximum absolute atomic E-state index is 13.6. The number of thiophene rings is 1. The van der Waals surface area contributed by atoms with Gasteiger partial charge in [0.1, 0.15) is 20.8 Å². The van der Waals surface area contributed by atoms with Crippen LogP contribution in [0.5, 0.6) is 5.75 Å². The van der Waals surface area contributed by atoms with Crippen LogP contribution in [0.3, 0.4) is 0 Å². The number of H-pyrrole nitrogens is 1. The molecule has 1 aliphatic rings.